The number of hydrogen-bond donors (Lipinski definition) is 2. The third kappa shape index (κ3) is 6.06. The van der Waals surface area contributed by atoms with Crippen molar-refractivity contribution in [2.24, 2.45) is 5.73 Å². The first kappa shape index (κ1) is 13.7. The van der Waals surface area contributed by atoms with Crippen LogP contribution in [0.4, 0.5) is 5.82 Å². The predicted molar refractivity (Wildman–Crippen MR) is 69.2 cm³/mol. The summed E-state index contributed by atoms with van der Waals surface area (Å²) in [5.74, 6) is 1.33. The molecule has 1 aromatic rings. The Hall–Kier alpha value is -1.36. The zero-order valence-corrected chi connectivity index (χ0v) is 10.6. The molecule has 1 heterocycles. The fourth-order valence-corrected chi connectivity index (χ4v) is 1.35. The third-order valence-corrected chi connectivity index (χ3v) is 2.21. The quantitative estimate of drug-likeness (QED) is 0.676. The lowest BCUT2D eigenvalue weighted by Gasteiger charge is -2.08. The van der Waals surface area contributed by atoms with Crippen molar-refractivity contribution in [3.63, 3.8) is 0 Å². The maximum absolute atomic E-state index is 5.68. The van der Waals surface area contributed by atoms with E-state index in [4.69, 9.17) is 10.5 Å². The monoisotopic (exact) mass is 238 g/mol. The van der Waals surface area contributed by atoms with Gasteiger partial charge >= 0.3 is 0 Å². The molecule has 1 rings (SSSR count). The van der Waals surface area contributed by atoms with Crippen molar-refractivity contribution in [1.29, 1.82) is 0 Å². The third-order valence-electron chi connectivity index (χ3n) is 2.21. The highest BCUT2D eigenvalue weighted by molar-refractivity contribution is 5.32. The molecule has 0 saturated carbocycles. The normalized spacial score (nSPS) is 12.2. The molecule has 96 valence electrons. The van der Waals surface area contributed by atoms with Gasteiger partial charge < -0.3 is 15.8 Å². The fraction of sp³-hybridized carbons (Fsp3) is 0.667. The van der Waals surface area contributed by atoms with Crippen molar-refractivity contribution in [1.82, 2.24) is 9.97 Å². The number of ether oxygens (including phenoxy) is 1. The van der Waals surface area contributed by atoms with Gasteiger partial charge in [-0.25, -0.2) is 0 Å². The molecular weight excluding hydrogens is 216 g/mol. The summed E-state index contributed by atoms with van der Waals surface area (Å²) in [5.41, 5.74) is 5.68. The Balaban J connectivity index is 2.32. The first-order valence-corrected chi connectivity index (χ1v) is 6.16. The summed E-state index contributed by atoms with van der Waals surface area (Å²) in [7, 11) is 0. The number of aromatic nitrogens is 2. The van der Waals surface area contributed by atoms with Crippen molar-refractivity contribution < 1.29 is 4.74 Å². The Morgan fingerprint density at radius 1 is 1.47 bits per heavy atom. The lowest BCUT2D eigenvalue weighted by Crippen LogP contribution is -2.16. The molecule has 0 aromatic carbocycles. The van der Waals surface area contributed by atoms with Crippen LogP contribution in [0.2, 0.25) is 0 Å². The van der Waals surface area contributed by atoms with E-state index in [2.05, 4.69) is 22.2 Å². The van der Waals surface area contributed by atoms with E-state index in [0.29, 0.717) is 12.5 Å². The number of nitrogens with zero attached hydrogens (tertiary/aromatic N) is 2. The molecule has 17 heavy (non-hydrogen) atoms. The van der Waals surface area contributed by atoms with E-state index < -0.39 is 0 Å². The van der Waals surface area contributed by atoms with Crippen molar-refractivity contribution in [2.75, 3.05) is 18.5 Å². The van der Waals surface area contributed by atoms with Gasteiger partial charge in [0.15, 0.2) is 0 Å². The molecule has 0 spiro atoms. The van der Waals surface area contributed by atoms with Gasteiger partial charge in [-0.1, -0.05) is 6.92 Å². The van der Waals surface area contributed by atoms with E-state index in [0.717, 1.165) is 31.6 Å². The van der Waals surface area contributed by atoms with Crippen molar-refractivity contribution in [3.05, 3.63) is 12.4 Å². The first-order chi connectivity index (χ1) is 8.22. The molecule has 5 nitrogen and oxygen atoms in total. The zero-order valence-electron chi connectivity index (χ0n) is 10.6. The van der Waals surface area contributed by atoms with Gasteiger partial charge in [-0.2, -0.15) is 4.98 Å². The lowest BCUT2D eigenvalue weighted by molar-refractivity contribution is 0.304. The molecule has 5 heteroatoms. The van der Waals surface area contributed by atoms with Crippen molar-refractivity contribution >= 4 is 5.82 Å². The van der Waals surface area contributed by atoms with Crippen LogP contribution in [-0.4, -0.2) is 29.2 Å². The lowest BCUT2D eigenvalue weighted by atomic mass is 10.2. The van der Waals surface area contributed by atoms with E-state index in [1.165, 1.54) is 0 Å². The van der Waals surface area contributed by atoms with Crippen LogP contribution in [0.3, 0.4) is 0 Å². The minimum Gasteiger partial charge on any atom is -0.477 e. The molecule has 1 unspecified atom stereocenters. The van der Waals surface area contributed by atoms with Gasteiger partial charge in [-0.05, 0) is 26.2 Å². The Bertz CT molecular complexity index is 317. The summed E-state index contributed by atoms with van der Waals surface area (Å²) in [4.78, 5) is 8.38. The SMILES string of the molecule is CCCOc1cncc(NCCCC(C)N)n1. The van der Waals surface area contributed by atoms with Gasteiger partial charge in [-0.3, -0.25) is 4.98 Å². The summed E-state index contributed by atoms with van der Waals surface area (Å²) in [5, 5.41) is 3.21. The Kier molecular flexibility index (Phi) is 6.32. The van der Waals surface area contributed by atoms with Crippen LogP contribution in [0.15, 0.2) is 12.4 Å². The van der Waals surface area contributed by atoms with Gasteiger partial charge in [0.1, 0.15) is 5.82 Å². The van der Waals surface area contributed by atoms with Crippen molar-refractivity contribution in [2.45, 2.75) is 39.2 Å². The Morgan fingerprint density at radius 3 is 3.00 bits per heavy atom. The van der Waals surface area contributed by atoms with Crippen LogP contribution in [0.5, 0.6) is 5.88 Å². The smallest absolute Gasteiger partial charge is 0.234 e. The second kappa shape index (κ2) is 7.84. The number of hydrogen-bond acceptors (Lipinski definition) is 5. The standard InChI is InChI=1S/C12H22N4O/c1-3-7-17-12-9-14-8-11(16-12)15-6-4-5-10(2)13/h8-10H,3-7,13H2,1-2H3,(H,15,16). The van der Waals surface area contributed by atoms with Crippen LogP contribution >= 0.6 is 0 Å². The van der Waals surface area contributed by atoms with Gasteiger partial charge in [0, 0.05) is 12.6 Å². The molecule has 3 N–H and O–H groups in total. The second-order valence-electron chi connectivity index (χ2n) is 4.14. The second-order valence-corrected chi connectivity index (χ2v) is 4.14. The minimum atomic E-state index is 0.252. The van der Waals surface area contributed by atoms with Gasteiger partial charge in [0.05, 0.1) is 19.0 Å². The van der Waals surface area contributed by atoms with Crippen LogP contribution < -0.4 is 15.8 Å². The number of rotatable bonds is 8. The summed E-state index contributed by atoms with van der Waals surface area (Å²) >= 11 is 0. The summed E-state index contributed by atoms with van der Waals surface area (Å²) < 4.78 is 5.41. The predicted octanol–water partition coefficient (Wildman–Crippen LogP) is 1.80. The first-order valence-electron chi connectivity index (χ1n) is 6.16. The maximum atomic E-state index is 5.68. The van der Waals surface area contributed by atoms with Crippen LogP contribution in [0, 0.1) is 0 Å². The average Bonchev–Trinajstić information content (AvgIpc) is 2.32. The van der Waals surface area contributed by atoms with E-state index in [-0.39, 0.29) is 6.04 Å². The largest absolute Gasteiger partial charge is 0.477 e. The Labute approximate surface area is 103 Å². The summed E-state index contributed by atoms with van der Waals surface area (Å²) in [6, 6.07) is 0.252. The molecule has 0 aliphatic heterocycles. The van der Waals surface area contributed by atoms with Crippen LogP contribution in [-0.2, 0) is 0 Å². The van der Waals surface area contributed by atoms with Crippen LogP contribution in [0.25, 0.3) is 0 Å². The van der Waals surface area contributed by atoms with Gasteiger partial charge in [0.25, 0.3) is 0 Å². The molecule has 1 aromatic heterocycles. The summed E-state index contributed by atoms with van der Waals surface area (Å²) in [6.07, 6.45) is 6.33. The maximum Gasteiger partial charge on any atom is 0.234 e. The molecular formula is C12H22N4O. The molecule has 0 bridgehead atoms. The molecule has 0 amide bonds. The highest BCUT2D eigenvalue weighted by atomic mass is 16.5. The molecule has 0 aliphatic carbocycles. The molecule has 0 fully saturated rings. The van der Waals surface area contributed by atoms with E-state index >= 15 is 0 Å². The topological polar surface area (TPSA) is 73.1 Å². The zero-order chi connectivity index (χ0) is 12.5. The highest BCUT2D eigenvalue weighted by Crippen LogP contribution is 2.09. The number of anilines is 1. The minimum absolute atomic E-state index is 0.252. The molecule has 0 radical (unpaired) electrons. The number of nitrogens with two attached hydrogens (primary N) is 1. The van der Waals surface area contributed by atoms with Gasteiger partial charge in [0.2, 0.25) is 5.88 Å². The molecule has 1 atom stereocenters. The average molecular weight is 238 g/mol. The summed E-state index contributed by atoms with van der Waals surface area (Å²) in [6.45, 7) is 5.60. The highest BCUT2D eigenvalue weighted by Gasteiger charge is 1.99. The molecule has 0 saturated heterocycles. The fourth-order valence-electron chi connectivity index (χ4n) is 1.35. The van der Waals surface area contributed by atoms with E-state index in [1.54, 1.807) is 12.4 Å². The Morgan fingerprint density at radius 2 is 2.29 bits per heavy atom. The van der Waals surface area contributed by atoms with Gasteiger partial charge in [-0.15, -0.1) is 0 Å². The van der Waals surface area contributed by atoms with Crippen molar-refractivity contribution in [3.8, 4) is 5.88 Å². The molecule has 0 aliphatic rings. The van der Waals surface area contributed by atoms with Crippen LogP contribution in [0.1, 0.15) is 33.1 Å². The van der Waals surface area contributed by atoms with E-state index in [9.17, 15) is 0 Å². The van der Waals surface area contributed by atoms with E-state index in [1.807, 2.05) is 6.92 Å². The number of nitrogens with one attached hydrogen (secondary N) is 1.